The zero-order valence-corrected chi connectivity index (χ0v) is 19.6. The summed E-state index contributed by atoms with van der Waals surface area (Å²) in [5.74, 6) is -0.418. The molecule has 0 bridgehead atoms. The van der Waals surface area contributed by atoms with Crippen LogP contribution in [0.25, 0.3) is 6.08 Å². The Hall–Kier alpha value is -3.51. The lowest BCUT2D eigenvalue weighted by atomic mass is 9.77. The van der Waals surface area contributed by atoms with Gasteiger partial charge in [-0.05, 0) is 90.6 Å². The van der Waals surface area contributed by atoms with Crippen LogP contribution >= 0.6 is 11.6 Å². The minimum Gasteiger partial charge on any atom is -0.484 e. The summed E-state index contributed by atoms with van der Waals surface area (Å²) in [6.07, 6.45) is 4.59. The van der Waals surface area contributed by atoms with Gasteiger partial charge in [0.05, 0.1) is 11.8 Å². The Kier molecular flexibility index (Phi) is 6.64. The number of hydrogen-bond acceptors (Lipinski definition) is 3. The van der Waals surface area contributed by atoms with Crippen molar-refractivity contribution in [2.75, 3.05) is 6.61 Å². The van der Waals surface area contributed by atoms with Crippen molar-refractivity contribution in [3.8, 4) is 5.75 Å². The monoisotopic (exact) mass is 492 g/mol. The third-order valence-electron chi connectivity index (χ3n) is 6.36. The van der Waals surface area contributed by atoms with Crippen LogP contribution in [0.15, 0.2) is 83.5 Å². The van der Waals surface area contributed by atoms with Gasteiger partial charge in [-0.25, -0.2) is 13.8 Å². The van der Waals surface area contributed by atoms with Crippen LogP contribution in [0, 0.1) is 17.6 Å². The Morgan fingerprint density at radius 1 is 1.00 bits per heavy atom. The Bertz CT molecular complexity index is 1270. The average Bonchev–Trinajstić information content (AvgIpc) is 3.26. The van der Waals surface area contributed by atoms with Crippen molar-refractivity contribution in [3.05, 3.63) is 106 Å². The van der Waals surface area contributed by atoms with Crippen molar-refractivity contribution >= 4 is 29.3 Å². The maximum Gasteiger partial charge on any atom is 0.281 e. The zero-order chi connectivity index (χ0) is 24.4. The van der Waals surface area contributed by atoms with E-state index in [-0.39, 0.29) is 36.1 Å². The van der Waals surface area contributed by atoms with Gasteiger partial charge in [-0.1, -0.05) is 35.9 Å². The molecule has 4 nitrogen and oxygen atoms in total. The fourth-order valence-corrected chi connectivity index (χ4v) is 4.83. The first-order valence-electron chi connectivity index (χ1n) is 11.5. The molecule has 35 heavy (non-hydrogen) atoms. The fraction of sp³-hybridized carbons (Fsp3) is 0.214. The predicted octanol–water partition coefficient (Wildman–Crippen LogP) is 6.82. The van der Waals surface area contributed by atoms with Gasteiger partial charge in [0.15, 0.2) is 6.61 Å². The first-order chi connectivity index (χ1) is 17.0. The molecule has 2 aliphatic rings. The molecule has 1 heterocycles. The topological polar surface area (TPSA) is 41.9 Å². The highest BCUT2D eigenvalue weighted by molar-refractivity contribution is 6.30. The smallest absolute Gasteiger partial charge is 0.281 e. The van der Waals surface area contributed by atoms with Gasteiger partial charge >= 0.3 is 0 Å². The van der Waals surface area contributed by atoms with E-state index < -0.39 is 0 Å². The van der Waals surface area contributed by atoms with Gasteiger partial charge in [-0.2, -0.15) is 5.10 Å². The Labute approximate surface area is 207 Å². The summed E-state index contributed by atoms with van der Waals surface area (Å²) in [5.41, 5.74) is 3.56. The number of carbonyl (C=O) groups excluding carboxylic acids is 1. The van der Waals surface area contributed by atoms with Crippen LogP contribution in [0.4, 0.5) is 8.78 Å². The normalized spacial score (nSPS) is 20.5. The van der Waals surface area contributed by atoms with Gasteiger partial charge in [0.1, 0.15) is 17.4 Å². The fourth-order valence-electron chi connectivity index (χ4n) is 4.70. The summed E-state index contributed by atoms with van der Waals surface area (Å²) in [6.45, 7) is -0.195. The van der Waals surface area contributed by atoms with E-state index in [0.29, 0.717) is 10.8 Å². The second-order valence-corrected chi connectivity index (χ2v) is 9.12. The molecule has 0 unspecified atom stereocenters. The van der Waals surface area contributed by atoms with Gasteiger partial charge < -0.3 is 4.74 Å². The predicted molar refractivity (Wildman–Crippen MR) is 132 cm³/mol. The van der Waals surface area contributed by atoms with E-state index in [0.717, 1.165) is 41.7 Å². The molecular weight excluding hydrogens is 470 g/mol. The summed E-state index contributed by atoms with van der Waals surface area (Å²) in [5, 5.41) is 6.83. The quantitative estimate of drug-likeness (QED) is 0.392. The molecule has 178 valence electrons. The summed E-state index contributed by atoms with van der Waals surface area (Å²) in [7, 11) is 0. The number of hydrazone groups is 1. The van der Waals surface area contributed by atoms with Gasteiger partial charge in [-0.15, -0.1) is 0 Å². The van der Waals surface area contributed by atoms with E-state index in [9.17, 15) is 13.6 Å². The summed E-state index contributed by atoms with van der Waals surface area (Å²) in [4.78, 5) is 13.3. The number of carbonyl (C=O) groups is 1. The highest BCUT2D eigenvalue weighted by Gasteiger charge is 2.43. The lowest BCUT2D eigenvalue weighted by Crippen LogP contribution is -2.34. The van der Waals surface area contributed by atoms with Gasteiger partial charge in [0.25, 0.3) is 5.91 Å². The van der Waals surface area contributed by atoms with Crippen LogP contribution in [0.1, 0.15) is 36.4 Å². The van der Waals surface area contributed by atoms with Crippen molar-refractivity contribution in [2.24, 2.45) is 11.0 Å². The van der Waals surface area contributed by atoms with Crippen LogP contribution in [0.5, 0.6) is 5.75 Å². The number of allylic oxidation sites excluding steroid dienone is 1. The summed E-state index contributed by atoms with van der Waals surface area (Å²) in [6, 6.07) is 18.9. The SMILES string of the molecule is O=C(COc1ccc(Cl)cc1)N1N=C2/C(=C\c3ccc(F)cc3)CCC[C@H]2[C@@H]1c1ccc(F)cc1. The van der Waals surface area contributed by atoms with Crippen LogP contribution in [0.2, 0.25) is 5.02 Å². The maximum absolute atomic E-state index is 13.7. The molecular formula is C28H23ClF2N2O2. The summed E-state index contributed by atoms with van der Waals surface area (Å²) >= 11 is 5.93. The minimum absolute atomic E-state index is 0.0274. The summed E-state index contributed by atoms with van der Waals surface area (Å²) < 4.78 is 32.7. The standard InChI is InChI=1S/C28H23ClF2N2O2/c29-21-8-14-24(15-9-21)35-17-26(34)33-28(19-6-12-23(31)13-7-19)25-3-1-2-20(27(25)32-33)16-18-4-10-22(30)11-5-18/h4-16,25,28H,1-3,17H2/b20-16-/t25-,28+/m1/s1. The van der Waals surface area contributed by atoms with Crippen LogP contribution < -0.4 is 4.74 Å². The van der Waals surface area contributed by atoms with Gasteiger partial charge in [0.2, 0.25) is 0 Å². The highest BCUT2D eigenvalue weighted by atomic mass is 35.5. The largest absolute Gasteiger partial charge is 0.484 e. The molecule has 1 fully saturated rings. The van der Waals surface area contributed by atoms with Gasteiger partial charge in [0, 0.05) is 10.9 Å². The van der Waals surface area contributed by atoms with Crippen molar-refractivity contribution in [1.82, 2.24) is 5.01 Å². The first kappa shape index (κ1) is 23.2. The van der Waals surface area contributed by atoms with E-state index in [4.69, 9.17) is 21.4 Å². The van der Waals surface area contributed by atoms with Crippen molar-refractivity contribution in [2.45, 2.75) is 25.3 Å². The third kappa shape index (κ3) is 5.13. The maximum atomic E-state index is 13.7. The molecule has 1 aliphatic carbocycles. The second-order valence-electron chi connectivity index (χ2n) is 8.68. The molecule has 0 aromatic heterocycles. The van der Waals surface area contributed by atoms with Crippen LogP contribution in [-0.2, 0) is 4.79 Å². The van der Waals surface area contributed by atoms with E-state index in [1.54, 1.807) is 48.5 Å². The molecule has 7 heteroatoms. The second kappa shape index (κ2) is 10.0. The Morgan fingerprint density at radius 3 is 2.34 bits per heavy atom. The lowest BCUT2D eigenvalue weighted by molar-refractivity contribution is -0.135. The lowest BCUT2D eigenvalue weighted by Gasteiger charge is -2.29. The molecule has 3 aromatic rings. The molecule has 5 rings (SSSR count). The van der Waals surface area contributed by atoms with Crippen molar-refractivity contribution < 1.29 is 18.3 Å². The van der Waals surface area contributed by atoms with E-state index >= 15 is 0 Å². The number of ether oxygens (including phenoxy) is 1. The molecule has 1 aliphatic heterocycles. The average molecular weight is 493 g/mol. The molecule has 2 atom stereocenters. The van der Waals surface area contributed by atoms with E-state index in [1.165, 1.54) is 29.3 Å². The molecule has 3 aromatic carbocycles. The van der Waals surface area contributed by atoms with Crippen molar-refractivity contribution in [3.63, 3.8) is 0 Å². The zero-order valence-electron chi connectivity index (χ0n) is 18.8. The van der Waals surface area contributed by atoms with Gasteiger partial charge in [-0.3, -0.25) is 4.79 Å². The number of halogens is 3. The molecule has 1 amide bonds. The number of amides is 1. The van der Waals surface area contributed by atoms with Crippen LogP contribution in [-0.4, -0.2) is 23.2 Å². The minimum atomic E-state index is -0.358. The molecule has 0 spiro atoms. The first-order valence-corrected chi connectivity index (χ1v) is 11.9. The number of hydrogen-bond donors (Lipinski definition) is 0. The Balaban J connectivity index is 1.46. The molecule has 1 saturated carbocycles. The highest BCUT2D eigenvalue weighted by Crippen LogP contribution is 2.44. The van der Waals surface area contributed by atoms with E-state index in [1.807, 2.05) is 6.08 Å². The molecule has 0 radical (unpaired) electrons. The Morgan fingerprint density at radius 2 is 1.66 bits per heavy atom. The molecule has 0 N–H and O–H groups in total. The number of fused-ring (bicyclic) bond motifs is 1. The van der Waals surface area contributed by atoms with Crippen molar-refractivity contribution in [1.29, 1.82) is 0 Å². The third-order valence-corrected chi connectivity index (χ3v) is 6.61. The van der Waals surface area contributed by atoms with Crippen LogP contribution in [0.3, 0.4) is 0 Å². The number of nitrogens with zero attached hydrogens (tertiary/aromatic N) is 2. The van der Waals surface area contributed by atoms with E-state index in [2.05, 4.69) is 0 Å². The molecule has 0 saturated heterocycles. The number of rotatable bonds is 5. The number of benzene rings is 3.